The molecule has 0 saturated heterocycles. The summed E-state index contributed by atoms with van der Waals surface area (Å²) in [5, 5.41) is 0. The largest absolute Gasteiger partial charge is 0.481 e. The number of benzene rings is 3. The SMILES string of the molecule is Cc1ccc(O[C@@H](C)C(=O)N(Cc2ccccc2)Cc2ccccc2)c(C)c1. The maximum atomic E-state index is 13.2. The van der Waals surface area contributed by atoms with Crippen molar-refractivity contribution in [2.24, 2.45) is 0 Å². The van der Waals surface area contributed by atoms with Gasteiger partial charge < -0.3 is 9.64 Å². The molecule has 28 heavy (non-hydrogen) atoms. The van der Waals surface area contributed by atoms with Crippen molar-refractivity contribution in [3.8, 4) is 5.75 Å². The lowest BCUT2D eigenvalue weighted by Gasteiger charge is -2.27. The summed E-state index contributed by atoms with van der Waals surface area (Å²) in [6, 6.07) is 26.1. The van der Waals surface area contributed by atoms with E-state index in [1.54, 1.807) is 0 Å². The zero-order chi connectivity index (χ0) is 19.9. The first kappa shape index (κ1) is 19.7. The van der Waals surface area contributed by atoms with Crippen molar-refractivity contribution in [1.82, 2.24) is 4.90 Å². The minimum absolute atomic E-state index is 0.0207. The Morgan fingerprint density at radius 2 is 1.39 bits per heavy atom. The predicted molar refractivity (Wildman–Crippen MR) is 113 cm³/mol. The molecule has 0 aliphatic rings. The van der Waals surface area contributed by atoms with Crippen molar-refractivity contribution < 1.29 is 9.53 Å². The van der Waals surface area contributed by atoms with Crippen molar-refractivity contribution in [3.05, 3.63) is 101 Å². The van der Waals surface area contributed by atoms with Gasteiger partial charge in [0.2, 0.25) is 0 Å². The molecule has 0 spiro atoms. The Kier molecular flexibility index (Phi) is 6.49. The van der Waals surface area contributed by atoms with Crippen LogP contribution < -0.4 is 4.74 Å². The molecule has 1 amide bonds. The van der Waals surface area contributed by atoms with Gasteiger partial charge in [0.15, 0.2) is 6.10 Å². The lowest BCUT2D eigenvalue weighted by Crippen LogP contribution is -2.39. The van der Waals surface area contributed by atoms with Crippen LogP contribution in [-0.2, 0) is 17.9 Å². The maximum absolute atomic E-state index is 13.2. The molecule has 0 aliphatic carbocycles. The highest BCUT2D eigenvalue weighted by Crippen LogP contribution is 2.21. The summed E-state index contributed by atoms with van der Waals surface area (Å²) in [6.07, 6.45) is -0.561. The second-order valence-electron chi connectivity index (χ2n) is 7.19. The van der Waals surface area contributed by atoms with Crippen LogP contribution in [0.15, 0.2) is 78.9 Å². The Morgan fingerprint density at radius 1 is 0.857 bits per heavy atom. The first-order chi connectivity index (χ1) is 13.5. The molecule has 0 saturated carbocycles. The number of amides is 1. The second kappa shape index (κ2) is 9.23. The van der Waals surface area contributed by atoms with E-state index < -0.39 is 6.10 Å². The van der Waals surface area contributed by atoms with Crippen LogP contribution >= 0.6 is 0 Å². The molecule has 0 unspecified atom stereocenters. The fourth-order valence-corrected chi connectivity index (χ4v) is 3.25. The topological polar surface area (TPSA) is 29.5 Å². The third-order valence-electron chi connectivity index (χ3n) is 4.73. The highest BCUT2D eigenvalue weighted by molar-refractivity contribution is 5.81. The molecule has 0 aliphatic heterocycles. The van der Waals surface area contributed by atoms with Crippen LogP contribution in [0.2, 0.25) is 0 Å². The lowest BCUT2D eigenvalue weighted by molar-refractivity contribution is -0.139. The van der Waals surface area contributed by atoms with Gasteiger partial charge in [0.25, 0.3) is 5.91 Å². The molecule has 144 valence electrons. The van der Waals surface area contributed by atoms with Gasteiger partial charge in [0, 0.05) is 13.1 Å². The van der Waals surface area contributed by atoms with Gasteiger partial charge in [-0.15, -0.1) is 0 Å². The molecule has 3 aromatic rings. The second-order valence-corrected chi connectivity index (χ2v) is 7.19. The molecule has 0 bridgehead atoms. The molecule has 3 aromatic carbocycles. The van der Waals surface area contributed by atoms with Gasteiger partial charge in [-0.25, -0.2) is 0 Å². The highest BCUT2D eigenvalue weighted by Gasteiger charge is 2.23. The Balaban J connectivity index is 1.78. The normalized spacial score (nSPS) is 11.7. The van der Waals surface area contributed by atoms with E-state index in [2.05, 4.69) is 6.07 Å². The van der Waals surface area contributed by atoms with Gasteiger partial charge in [0.05, 0.1) is 0 Å². The molecule has 0 aromatic heterocycles. The first-order valence-corrected chi connectivity index (χ1v) is 9.63. The predicted octanol–water partition coefficient (Wildman–Crippen LogP) is 5.30. The molecular weight excluding hydrogens is 346 g/mol. The zero-order valence-electron chi connectivity index (χ0n) is 16.8. The van der Waals surface area contributed by atoms with E-state index in [9.17, 15) is 4.79 Å². The average Bonchev–Trinajstić information content (AvgIpc) is 2.70. The highest BCUT2D eigenvalue weighted by atomic mass is 16.5. The molecule has 1 atom stereocenters. The van der Waals surface area contributed by atoms with Crippen LogP contribution in [0.25, 0.3) is 0 Å². The number of carbonyl (C=O) groups is 1. The van der Waals surface area contributed by atoms with Crippen molar-refractivity contribution in [3.63, 3.8) is 0 Å². The number of hydrogen-bond acceptors (Lipinski definition) is 2. The minimum Gasteiger partial charge on any atom is -0.481 e. The van der Waals surface area contributed by atoms with Gasteiger partial charge in [-0.1, -0.05) is 78.4 Å². The average molecular weight is 373 g/mol. The van der Waals surface area contributed by atoms with E-state index in [1.807, 2.05) is 98.5 Å². The Bertz CT molecular complexity index is 865. The standard InChI is InChI=1S/C25H27NO2/c1-19-14-15-24(20(2)16-19)28-21(3)25(27)26(17-22-10-6-4-7-11-22)18-23-12-8-5-9-13-23/h4-16,21H,17-18H2,1-3H3/t21-/m0/s1. The monoisotopic (exact) mass is 373 g/mol. The fraction of sp³-hybridized carbons (Fsp3) is 0.240. The van der Waals surface area contributed by atoms with Gasteiger partial charge in [-0.05, 0) is 43.5 Å². The molecule has 3 rings (SSSR count). The number of carbonyl (C=O) groups excluding carboxylic acids is 1. The van der Waals surface area contributed by atoms with E-state index in [0.717, 1.165) is 22.4 Å². The third-order valence-corrected chi connectivity index (χ3v) is 4.73. The van der Waals surface area contributed by atoms with Gasteiger partial charge in [0.1, 0.15) is 5.75 Å². The quantitative estimate of drug-likeness (QED) is 0.562. The van der Waals surface area contributed by atoms with Crippen LogP contribution in [-0.4, -0.2) is 16.9 Å². The molecule has 0 fully saturated rings. The van der Waals surface area contributed by atoms with E-state index in [4.69, 9.17) is 4.74 Å². The lowest BCUT2D eigenvalue weighted by atomic mass is 10.1. The van der Waals surface area contributed by atoms with Gasteiger partial charge in [-0.3, -0.25) is 4.79 Å². The van der Waals surface area contributed by atoms with E-state index in [0.29, 0.717) is 13.1 Å². The van der Waals surface area contributed by atoms with E-state index >= 15 is 0 Å². The molecule has 0 radical (unpaired) electrons. The number of nitrogens with zero attached hydrogens (tertiary/aromatic N) is 1. The van der Waals surface area contributed by atoms with Gasteiger partial charge in [-0.2, -0.15) is 0 Å². The first-order valence-electron chi connectivity index (χ1n) is 9.63. The van der Waals surface area contributed by atoms with E-state index in [-0.39, 0.29) is 5.91 Å². The Labute approximate surface area is 167 Å². The smallest absolute Gasteiger partial charge is 0.263 e. The number of hydrogen-bond donors (Lipinski definition) is 0. The van der Waals surface area contributed by atoms with E-state index in [1.165, 1.54) is 5.56 Å². The summed E-state index contributed by atoms with van der Waals surface area (Å²) < 4.78 is 6.03. The minimum atomic E-state index is -0.561. The van der Waals surface area contributed by atoms with Crippen LogP contribution in [0.4, 0.5) is 0 Å². The Hall–Kier alpha value is -3.07. The van der Waals surface area contributed by atoms with Crippen molar-refractivity contribution >= 4 is 5.91 Å². The fourth-order valence-electron chi connectivity index (χ4n) is 3.25. The van der Waals surface area contributed by atoms with Gasteiger partial charge >= 0.3 is 0 Å². The Morgan fingerprint density at radius 3 is 1.89 bits per heavy atom. The summed E-state index contributed by atoms with van der Waals surface area (Å²) in [6.45, 7) is 6.98. The van der Waals surface area contributed by atoms with Crippen LogP contribution in [0.1, 0.15) is 29.2 Å². The summed E-state index contributed by atoms with van der Waals surface area (Å²) in [7, 11) is 0. The van der Waals surface area contributed by atoms with Crippen molar-refractivity contribution in [2.75, 3.05) is 0 Å². The number of rotatable bonds is 7. The molecule has 0 N–H and O–H groups in total. The number of ether oxygens (including phenoxy) is 1. The zero-order valence-corrected chi connectivity index (χ0v) is 16.8. The number of aryl methyl sites for hydroxylation is 2. The van der Waals surface area contributed by atoms with Crippen LogP contribution in [0.5, 0.6) is 5.75 Å². The summed E-state index contributed by atoms with van der Waals surface area (Å²) in [5.74, 6) is 0.735. The maximum Gasteiger partial charge on any atom is 0.263 e. The van der Waals surface area contributed by atoms with Crippen molar-refractivity contribution in [1.29, 1.82) is 0 Å². The molecule has 3 heteroatoms. The molecule has 0 heterocycles. The van der Waals surface area contributed by atoms with Crippen LogP contribution in [0.3, 0.4) is 0 Å². The summed E-state index contributed by atoms with van der Waals surface area (Å²) in [4.78, 5) is 15.1. The summed E-state index contributed by atoms with van der Waals surface area (Å²) >= 11 is 0. The molecule has 3 nitrogen and oxygen atoms in total. The third kappa shape index (κ3) is 5.23. The summed E-state index contributed by atoms with van der Waals surface area (Å²) in [5.41, 5.74) is 4.42. The van der Waals surface area contributed by atoms with Crippen LogP contribution in [0, 0.1) is 13.8 Å². The van der Waals surface area contributed by atoms with Crippen molar-refractivity contribution in [2.45, 2.75) is 40.0 Å². The molecular formula is C25H27NO2.